The van der Waals surface area contributed by atoms with Gasteiger partial charge in [0.05, 0.1) is 6.20 Å². The lowest BCUT2D eigenvalue weighted by Crippen LogP contribution is -2.34. The van der Waals surface area contributed by atoms with Crippen molar-refractivity contribution in [1.82, 2.24) is 14.9 Å². The first-order valence-corrected chi connectivity index (χ1v) is 7.17. The molecular weight excluding hydrogens is 258 g/mol. The van der Waals surface area contributed by atoms with Crippen LogP contribution in [0.3, 0.4) is 0 Å². The third-order valence-corrected chi connectivity index (χ3v) is 4.40. The Bertz CT molecular complexity index is 547. The fourth-order valence-electron chi connectivity index (χ4n) is 1.86. The van der Waals surface area contributed by atoms with Crippen LogP contribution in [0.2, 0.25) is 0 Å². The molecule has 1 atom stereocenters. The quantitative estimate of drug-likeness (QED) is 0.701. The van der Waals surface area contributed by atoms with Gasteiger partial charge in [-0.1, -0.05) is 12.8 Å². The summed E-state index contributed by atoms with van der Waals surface area (Å²) in [4.78, 5) is 10.9. The number of hydrogen-bond donors (Lipinski definition) is 3. The van der Waals surface area contributed by atoms with Crippen LogP contribution in [0.4, 0.5) is 0 Å². The molecule has 0 radical (unpaired) electrons. The lowest BCUT2D eigenvalue weighted by molar-refractivity contribution is 0.0692. The predicted octanol–water partition coefficient (Wildman–Crippen LogP) is 0.575. The second kappa shape index (κ2) is 4.69. The second-order valence-electron chi connectivity index (χ2n) is 4.62. The lowest BCUT2D eigenvalue weighted by atomic mass is 10.2. The van der Waals surface area contributed by atoms with Crippen molar-refractivity contribution in [3.63, 3.8) is 0 Å². The van der Waals surface area contributed by atoms with Crippen molar-refractivity contribution in [2.45, 2.75) is 37.3 Å². The van der Waals surface area contributed by atoms with E-state index in [0.717, 1.165) is 25.5 Å². The summed E-state index contributed by atoms with van der Waals surface area (Å²) < 4.78 is 26.4. The zero-order chi connectivity index (χ0) is 13.3. The van der Waals surface area contributed by atoms with E-state index in [2.05, 4.69) is 14.9 Å². The third-order valence-electron chi connectivity index (χ3n) is 2.84. The number of aromatic nitrogens is 2. The first kappa shape index (κ1) is 13.0. The SMILES string of the molecule is CC(CC1CC1)NS(=O)(=O)c1[nH]ncc1C(=O)O. The molecule has 1 heterocycles. The number of sulfonamides is 1. The Kier molecular flexibility index (Phi) is 3.40. The maximum Gasteiger partial charge on any atom is 0.340 e. The highest BCUT2D eigenvalue weighted by Gasteiger charge is 2.29. The molecule has 18 heavy (non-hydrogen) atoms. The number of rotatable bonds is 6. The van der Waals surface area contributed by atoms with Crippen LogP contribution < -0.4 is 4.72 Å². The molecule has 1 saturated carbocycles. The van der Waals surface area contributed by atoms with E-state index >= 15 is 0 Å². The molecule has 1 aliphatic carbocycles. The molecule has 1 aromatic heterocycles. The summed E-state index contributed by atoms with van der Waals surface area (Å²) in [6, 6.07) is -0.215. The van der Waals surface area contributed by atoms with Crippen molar-refractivity contribution in [2.75, 3.05) is 0 Å². The number of H-pyrrole nitrogens is 1. The van der Waals surface area contributed by atoms with Crippen molar-refractivity contribution in [3.05, 3.63) is 11.8 Å². The van der Waals surface area contributed by atoms with Crippen molar-refractivity contribution in [1.29, 1.82) is 0 Å². The maximum absolute atomic E-state index is 12.0. The van der Waals surface area contributed by atoms with E-state index in [4.69, 9.17) is 5.11 Å². The summed E-state index contributed by atoms with van der Waals surface area (Å²) in [6.45, 7) is 1.77. The van der Waals surface area contributed by atoms with Gasteiger partial charge in [-0.3, -0.25) is 5.10 Å². The summed E-state index contributed by atoms with van der Waals surface area (Å²) in [5.41, 5.74) is -0.346. The molecule has 3 N–H and O–H groups in total. The number of nitrogens with one attached hydrogen (secondary N) is 2. The van der Waals surface area contributed by atoms with Crippen LogP contribution in [-0.2, 0) is 10.0 Å². The molecule has 100 valence electrons. The monoisotopic (exact) mass is 273 g/mol. The Balaban J connectivity index is 2.13. The van der Waals surface area contributed by atoms with E-state index < -0.39 is 21.0 Å². The minimum Gasteiger partial charge on any atom is -0.478 e. The van der Waals surface area contributed by atoms with Crippen molar-refractivity contribution in [3.8, 4) is 0 Å². The third kappa shape index (κ3) is 2.88. The zero-order valence-electron chi connectivity index (χ0n) is 9.88. The molecule has 0 spiro atoms. The maximum atomic E-state index is 12.0. The molecule has 0 aromatic carbocycles. The van der Waals surface area contributed by atoms with Gasteiger partial charge in [0.2, 0.25) is 0 Å². The average Bonchev–Trinajstić information content (AvgIpc) is 2.91. The van der Waals surface area contributed by atoms with E-state index in [9.17, 15) is 13.2 Å². The van der Waals surface area contributed by atoms with E-state index in [1.165, 1.54) is 0 Å². The number of nitrogens with zero attached hydrogens (tertiary/aromatic N) is 1. The van der Waals surface area contributed by atoms with E-state index in [1.54, 1.807) is 6.92 Å². The van der Waals surface area contributed by atoms with Gasteiger partial charge in [-0.2, -0.15) is 5.10 Å². The average molecular weight is 273 g/mol. The summed E-state index contributed by atoms with van der Waals surface area (Å²) >= 11 is 0. The normalized spacial score (nSPS) is 17.6. The van der Waals surface area contributed by atoms with Crippen LogP contribution in [0.5, 0.6) is 0 Å². The Morgan fingerprint density at radius 1 is 1.67 bits per heavy atom. The van der Waals surface area contributed by atoms with Crippen LogP contribution in [0.15, 0.2) is 11.2 Å². The van der Waals surface area contributed by atoms with Crippen molar-refractivity contribution in [2.24, 2.45) is 5.92 Å². The topological polar surface area (TPSA) is 112 Å². The van der Waals surface area contributed by atoms with Gasteiger partial charge in [0.25, 0.3) is 10.0 Å². The minimum absolute atomic E-state index is 0.215. The van der Waals surface area contributed by atoms with Gasteiger partial charge in [0.1, 0.15) is 5.56 Å². The minimum atomic E-state index is -3.86. The molecule has 0 amide bonds. The first-order chi connectivity index (χ1) is 8.40. The summed E-state index contributed by atoms with van der Waals surface area (Å²) in [5, 5.41) is 14.1. The van der Waals surface area contributed by atoms with Crippen LogP contribution in [0, 0.1) is 5.92 Å². The van der Waals surface area contributed by atoms with E-state index in [-0.39, 0.29) is 11.6 Å². The zero-order valence-corrected chi connectivity index (χ0v) is 10.7. The summed E-state index contributed by atoms with van der Waals surface area (Å²) in [6.07, 6.45) is 4.03. The Hall–Kier alpha value is -1.41. The van der Waals surface area contributed by atoms with Crippen LogP contribution in [0.25, 0.3) is 0 Å². The Morgan fingerprint density at radius 3 is 2.89 bits per heavy atom. The van der Waals surface area contributed by atoms with Crippen LogP contribution >= 0.6 is 0 Å². The fraction of sp³-hybridized carbons (Fsp3) is 0.600. The van der Waals surface area contributed by atoms with Crippen LogP contribution in [-0.4, -0.2) is 35.7 Å². The largest absolute Gasteiger partial charge is 0.478 e. The number of aromatic amines is 1. The van der Waals surface area contributed by atoms with Gasteiger partial charge in [-0.05, 0) is 19.3 Å². The van der Waals surface area contributed by atoms with E-state index in [1.807, 2.05) is 0 Å². The summed E-state index contributed by atoms with van der Waals surface area (Å²) in [5.74, 6) is -0.734. The molecule has 0 saturated heterocycles. The number of aromatic carboxylic acids is 1. The smallest absolute Gasteiger partial charge is 0.340 e. The van der Waals surface area contributed by atoms with Crippen molar-refractivity contribution >= 4 is 16.0 Å². The highest BCUT2D eigenvalue weighted by atomic mass is 32.2. The molecular formula is C10H15N3O4S. The highest BCUT2D eigenvalue weighted by Crippen LogP contribution is 2.33. The molecule has 2 rings (SSSR count). The molecule has 1 aliphatic rings. The summed E-state index contributed by atoms with van der Waals surface area (Å²) in [7, 11) is -3.86. The van der Waals surface area contributed by atoms with Gasteiger partial charge >= 0.3 is 5.97 Å². The highest BCUT2D eigenvalue weighted by molar-refractivity contribution is 7.89. The molecule has 8 heteroatoms. The predicted molar refractivity (Wildman–Crippen MR) is 62.7 cm³/mol. The Labute approximate surface area is 105 Å². The Morgan fingerprint density at radius 2 is 2.33 bits per heavy atom. The second-order valence-corrected chi connectivity index (χ2v) is 6.27. The molecule has 0 bridgehead atoms. The van der Waals surface area contributed by atoms with E-state index in [0.29, 0.717) is 5.92 Å². The molecule has 7 nitrogen and oxygen atoms in total. The molecule has 1 aromatic rings. The van der Waals surface area contributed by atoms with Crippen molar-refractivity contribution < 1.29 is 18.3 Å². The van der Waals surface area contributed by atoms with Gasteiger partial charge in [0.15, 0.2) is 5.03 Å². The van der Waals surface area contributed by atoms with Gasteiger partial charge in [-0.25, -0.2) is 17.9 Å². The lowest BCUT2D eigenvalue weighted by Gasteiger charge is -2.12. The molecule has 0 aliphatic heterocycles. The standard InChI is InChI=1S/C10H15N3O4S/c1-6(4-7-2-3-7)13-18(16,17)9-8(10(14)15)5-11-12-9/h5-7,13H,2-4H2,1H3,(H,11,12)(H,14,15). The number of hydrogen-bond acceptors (Lipinski definition) is 4. The molecule has 1 unspecified atom stereocenters. The first-order valence-electron chi connectivity index (χ1n) is 5.69. The van der Waals surface area contributed by atoms with Gasteiger partial charge in [-0.15, -0.1) is 0 Å². The van der Waals surface area contributed by atoms with Gasteiger partial charge in [0, 0.05) is 6.04 Å². The number of carbonyl (C=O) groups is 1. The van der Waals surface area contributed by atoms with Gasteiger partial charge < -0.3 is 5.11 Å². The van der Waals surface area contributed by atoms with Crippen LogP contribution in [0.1, 0.15) is 36.5 Å². The molecule has 1 fully saturated rings. The number of carboxylic acids is 1. The number of carboxylic acid groups (broad SMARTS) is 1. The fourth-order valence-corrected chi connectivity index (χ4v) is 3.20.